The first kappa shape index (κ1) is 15.9. The van der Waals surface area contributed by atoms with Crippen LogP contribution >= 0.6 is 0 Å². The molecule has 0 unspecified atom stereocenters. The summed E-state index contributed by atoms with van der Waals surface area (Å²) in [7, 11) is -0.190. The Morgan fingerprint density at radius 1 is 1.32 bits per heavy atom. The summed E-state index contributed by atoms with van der Waals surface area (Å²) >= 11 is 0. The van der Waals surface area contributed by atoms with Crippen molar-refractivity contribution >= 4 is 10.0 Å². The normalized spacial score (nSPS) is 11.5. The number of unbranched alkanes of at least 4 members (excludes halogenated alkanes) is 1. The van der Waals surface area contributed by atoms with Crippen molar-refractivity contribution in [3.8, 4) is 5.75 Å². The van der Waals surface area contributed by atoms with Gasteiger partial charge in [-0.3, -0.25) is 0 Å². The van der Waals surface area contributed by atoms with Gasteiger partial charge in [-0.15, -0.1) is 0 Å². The van der Waals surface area contributed by atoms with Crippen molar-refractivity contribution in [1.29, 1.82) is 0 Å². The lowest BCUT2D eigenvalue weighted by molar-refractivity contribution is 0.401. The molecule has 19 heavy (non-hydrogen) atoms. The van der Waals surface area contributed by atoms with Gasteiger partial charge in [0.1, 0.15) is 10.6 Å². The number of nitrogens with one attached hydrogen (secondary N) is 2. The molecule has 0 heterocycles. The Morgan fingerprint density at radius 2 is 2.05 bits per heavy atom. The summed E-state index contributed by atoms with van der Waals surface area (Å²) in [6.07, 6.45) is 1.76. The van der Waals surface area contributed by atoms with Gasteiger partial charge < -0.3 is 10.1 Å². The summed E-state index contributed by atoms with van der Waals surface area (Å²) in [6, 6.07) is 5.11. The molecule has 2 N–H and O–H groups in total. The van der Waals surface area contributed by atoms with Gasteiger partial charge in [0.2, 0.25) is 10.0 Å². The summed E-state index contributed by atoms with van der Waals surface area (Å²) in [5.41, 5.74) is 0.979. The van der Waals surface area contributed by atoms with Crippen molar-refractivity contribution < 1.29 is 13.2 Å². The van der Waals surface area contributed by atoms with E-state index in [1.165, 1.54) is 7.11 Å². The Hall–Kier alpha value is -1.11. The standard InChI is InChI=1S/C13H22N2O3S/c1-4-5-8-15-19(16,17)13-7-6-11(10-14-2)9-12(13)18-3/h6-7,9,14-15H,4-5,8,10H2,1-3H3. The van der Waals surface area contributed by atoms with Crippen LogP contribution in [0, 0.1) is 0 Å². The maximum absolute atomic E-state index is 12.1. The largest absolute Gasteiger partial charge is 0.495 e. The predicted octanol–water partition coefficient (Wildman–Crippen LogP) is 1.49. The monoisotopic (exact) mass is 286 g/mol. The molecule has 0 saturated heterocycles. The number of ether oxygens (including phenoxy) is 1. The third-order valence-corrected chi connectivity index (χ3v) is 4.22. The van der Waals surface area contributed by atoms with Crippen LogP contribution in [0.1, 0.15) is 25.3 Å². The third-order valence-electron chi connectivity index (χ3n) is 2.72. The van der Waals surface area contributed by atoms with Crippen molar-refractivity contribution in [1.82, 2.24) is 10.0 Å². The molecular weight excluding hydrogens is 264 g/mol. The second-order valence-electron chi connectivity index (χ2n) is 4.27. The van der Waals surface area contributed by atoms with Crippen LogP contribution in [-0.4, -0.2) is 29.1 Å². The second-order valence-corrected chi connectivity index (χ2v) is 6.00. The van der Waals surface area contributed by atoms with Crippen molar-refractivity contribution in [2.75, 3.05) is 20.7 Å². The highest BCUT2D eigenvalue weighted by Crippen LogP contribution is 2.24. The van der Waals surface area contributed by atoms with Gasteiger partial charge >= 0.3 is 0 Å². The van der Waals surface area contributed by atoms with Crippen LogP contribution in [0.3, 0.4) is 0 Å². The molecule has 1 aromatic rings. The minimum atomic E-state index is -3.50. The van der Waals surface area contributed by atoms with Gasteiger partial charge in [0, 0.05) is 13.1 Å². The van der Waals surface area contributed by atoms with Crippen LogP contribution < -0.4 is 14.8 Å². The first-order valence-corrected chi connectivity index (χ1v) is 7.84. The molecule has 0 spiro atoms. The van der Waals surface area contributed by atoms with E-state index in [1.54, 1.807) is 18.2 Å². The van der Waals surface area contributed by atoms with E-state index in [-0.39, 0.29) is 4.90 Å². The maximum Gasteiger partial charge on any atom is 0.244 e. The Kier molecular flexibility index (Phi) is 6.27. The fourth-order valence-electron chi connectivity index (χ4n) is 1.71. The minimum Gasteiger partial charge on any atom is -0.495 e. The number of rotatable bonds is 8. The lowest BCUT2D eigenvalue weighted by Gasteiger charge is -2.12. The first-order chi connectivity index (χ1) is 9.05. The van der Waals surface area contributed by atoms with E-state index < -0.39 is 10.0 Å². The molecule has 0 saturated carbocycles. The SMILES string of the molecule is CCCCNS(=O)(=O)c1ccc(CNC)cc1OC. The van der Waals surface area contributed by atoms with E-state index in [2.05, 4.69) is 10.0 Å². The first-order valence-electron chi connectivity index (χ1n) is 6.36. The van der Waals surface area contributed by atoms with Crippen LogP contribution in [0.4, 0.5) is 0 Å². The Labute approximate surface area is 115 Å². The number of hydrogen-bond donors (Lipinski definition) is 2. The Bertz CT molecular complexity index is 501. The zero-order valence-electron chi connectivity index (χ0n) is 11.7. The minimum absolute atomic E-state index is 0.186. The smallest absolute Gasteiger partial charge is 0.244 e. The van der Waals surface area contributed by atoms with Crippen LogP contribution in [0.15, 0.2) is 23.1 Å². The number of sulfonamides is 1. The van der Waals surface area contributed by atoms with Crippen LogP contribution in [0.5, 0.6) is 5.75 Å². The van der Waals surface area contributed by atoms with Crippen LogP contribution in [0.2, 0.25) is 0 Å². The van der Waals surface area contributed by atoms with Gasteiger partial charge in [-0.05, 0) is 31.2 Å². The fourth-order valence-corrected chi connectivity index (χ4v) is 2.93. The lowest BCUT2D eigenvalue weighted by atomic mass is 10.2. The van der Waals surface area contributed by atoms with Crippen molar-refractivity contribution in [2.45, 2.75) is 31.2 Å². The highest BCUT2D eigenvalue weighted by Gasteiger charge is 2.18. The van der Waals surface area contributed by atoms with Gasteiger partial charge in [0.05, 0.1) is 7.11 Å². The summed E-state index contributed by atoms with van der Waals surface area (Å²) in [5, 5.41) is 3.01. The zero-order valence-corrected chi connectivity index (χ0v) is 12.5. The maximum atomic E-state index is 12.1. The summed E-state index contributed by atoms with van der Waals surface area (Å²) in [4.78, 5) is 0.186. The van der Waals surface area contributed by atoms with Gasteiger partial charge in [-0.2, -0.15) is 0 Å². The van der Waals surface area contributed by atoms with Gasteiger partial charge in [-0.25, -0.2) is 13.1 Å². The Balaban J connectivity index is 2.98. The quantitative estimate of drug-likeness (QED) is 0.711. The molecule has 1 rings (SSSR count). The fraction of sp³-hybridized carbons (Fsp3) is 0.538. The van der Waals surface area contributed by atoms with Crippen molar-refractivity contribution in [2.24, 2.45) is 0 Å². The molecule has 0 aliphatic heterocycles. The van der Waals surface area contributed by atoms with Crippen LogP contribution in [-0.2, 0) is 16.6 Å². The van der Waals surface area contributed by atoms with E-state index in [0.29, 0.717) is 18.8 Å². The predicted molar refractivity (Wildman–Crippen MR) is 75.9 cm³/mol. The van der Waals surface area contributed by atoms with Crippen LogP contribution in [0.25, 0.3) is 0 Å². The molecule has 0 aromatic heterocycles. The molecule has 5 nitrogen and oxygen atoms in total. The van der Waals surface area contributed by atoms with Crippen molar-refractivity contribution in [3.05, 3.63) is 23.8 Å². The molecular formula is C13H22N2O3S. The molecule has 0 amide bonds. The van der Waals surface area contributed by atoms with Gasteiger partial charge in [-0.1, -0.05) is 19.4 Å². The summed E-state index contributed by atoms with van der Waals surface area (Å²) < 4.78 is 32.1. The third kappa shape index (κ3) is 4.49. The number of methoxy groups -OCH3 is 1. The Morgan fingerprint density at radius 3 is 2.63 bits per heavy atom. The number of hydrogen-bond acceptors (Lipinski definition) is 4. The molecule has 0 radical (unpaired) electrons. The van der Waals surface area contributed by atoms with E-state index >= 15 is 0 Å². The van der Waals surface area contributed by atoms with E-state index in [1.807, 2.05) is 14.0 Å². The molecule has 0 fully saturated rings. The average Bonchev–Trinajstić information content (AvgIpc) is 2.39. The highest BCUT2D eigenvalue weighted by molar-refractivity contribution is 7.89. The second kappa shape index (κ2) is 7.47. The number of benzene rings is 1. The summed E-state index contributed by atoms with van der Waals surface area (Å²) in [5.74, 6) is 0.372. The molecule has 0 aliphatic carbocycles. The van der Waals surface area contributed by atoms with Gasteiger partial charge in [0.25, 0.3) is 0 Å². The average molecular weight is 286 g/mol. The van der Waals surface area contributed by atoms with Gasteiger partial charge in [0.15, 0.2) is 0 Å². The van der Waals surface area contributed by atoms with E-state index in [4.69, 9.17) is 4.74 Å². The molecule has 6 heteroatoms. The molecule has 108 valence electrons. The highest BCUT2D eigenvalue weighted by atomic mass is 32.2. The molecule has 0 aliphatic rings. The topological polar surface area (TPSA) is 67.4 Å². The van der Waals surface area contributed by atoms with E-state index in [0.717, 1.165) is 18.4 Å². The van der Waals surface area contributed by atoms with Crippen molar-refractivity contribution in [3.63, 3.8) is 0 Å². The van der Waals surface area contributed by atoms with E-state index in [9.17, 15) is 8.42 Å². The molecule has 0 atom stereocenters. The lowest BCUT2D eigenvalue weighted by Crippen LogP contribution is -2.25. The molecule has 1 aromatic carbocycles. The molecule has 0 bridgehead atoms. The zero-order chi connectivity index (χ0) is 14.3. The summed E-state index contributed by atoms with van der Waals surface area (Å²) in [6.45, 7) is 3.13.